The number of hydrogen-bond donors (Lipinski definition) is 0. The number of thioether (sulfide) groups is 1. The number of fused-ring (bicyclic) bond motifs is 6. The SMILES string of the molecule is O=C1Oc2ccc([N+](=O)[O-])cc2[C@H]2[C@@H]1[C@H]1CSCN1[C@H]2C(=O)c1cccc2ccccc12. The monoisotopic (exact) mass is 446 g/mol. The molecule has 0 bridgehead atoms. The van der Waals surface area contributed by atoms with Crippen LogP contribution in [0.15, 0.2) is 60.7 Å². The van der Waals surface area contributed by atoms with Gasteiger partial charge in [0.25, 0.3) is 5.69 Å². The van der Waals surface area contributed by atoms with Crippen LogP contribution in [0, 0.1) is 16.0 Å². The van der Waals surface area contributed by atoms with Crippen LogP contribution in [0.3, 0.4) is 0 Å². The van der Waals surface area contributed by atoms with Crippen LogP contribution in [-0.4, -0.2) is 45.3 Å². The largest absolute Gasteiger partial charge is 0.426 e. The number of Topliss-reactive ketones (excluding diaryl/α,β-unsaturated/α-hetero) is 1. The number of ether oxygens (including phenoxy) is 1. The van der Waals surface area contributed by atoms with Crippen molar-refractivity contribution in [3.8, 4) is 5.75 Å². The third-order valence-electron chi connectivity index (χ3n) is 6.82. The van der Waals surface area contributed by atoms with Crippen LogP contribution in [0.4, 0.5) is 5.69 Å². The molecule has 3 aromatic carbocycles. The number of hydrogen-bond acceptors (Lipinski definition) is 7. The lowest BCUT2D eigenvalue weighted by Crippen LogP contribution is -2.40. The minimum atomic E-state index is -0.584. The van der Waals surface area contributed by atoms with Crippen molar-refractivity contribution in [2.45, 2.75) is 18.0 Å². The first-order valence-corrected chi connectivity index (χ1v) is 11.6. The van der Waals surface area contributed by atoms with E-state index < -0.39 is 22.8 Å². The number of benzene rings is 3. The fourth-order valence-electron chi connectivity index (χ4n) is 5.47. The van der Waals surface area contributed by atoms with E-state index in [4.69, 9.17) is 4.74 Å². The number of nitro benzene ring substituents is 1. The van der Waals surface area contributed by atoms with Gasteiger partial charge in [0.05, 0.1) is 16.9 Å². The second kappa shape index (κ2) is 7.15. The van der Waals surface area contributed by atoms with E-state index in [2.05, 4.69) is 4.90 Å². The molecule has 0 spiro atoms. The number of ketones is 1. The third kappa shape index (κ3) is 2.73. The average molecular weight is 446 g/mol. The van der Waals surface area contributed by atoms with Crippen LogP contribution in [0.1, 0.15) is 21.8 Å². The van der Waals surface area contributed by atoms with E-state index in [0.717, 1.165) is 16.5 Å². The maximum absolute atomic E-state index is 14.1. The number of rotatable bonds is 3. The van der Waals surface area contributed by atoms with Crippen molar-refractivity contribution >= 4 is 40.0 Å². The van der Waals surface area contributed by atoms with Crippen molar-refractivity contribution in [2.24, 2.45) is 5.92 Å². The van der Waals surface area contributed by atoms with Gasteiger partial charge < -0.3 is 4.74 Å². The Bertz CT molecular complexity index is 1300. The van der Waals surface area contributed by atoms with Crippen molar-refractivity contribution in [1.82, 2.24) is 4.90 Å². The first kappa shape index (κ1) is 19.5. The normalized spacial score (nSPS) is 26.3. The maximum atomic E-state index is 14.1. The second-order valence-electron chi connectivity index (χ2n) is 8.37. The molecule has 0 N–H and O–H groups in total. The van der Waals surface area contributed by atoms with Crippen molar-refractivity contribution in [3.63, 3.8) is 0 Å². The minimum absolute atomic E-state index is 0.0612. The van der Waals surface area contributed by atoms with Gasteiger partial charge in [-0.25, -0.2) is 0 Å². The van der Waals surface area contributed by atoms with Crippen molar-refractivity contribution in [3.05, 3.63) is 81.9 Å². The predicted octanol–water partition coefficient (Wildman–Crippen LogP) is 4.01. The molecule has 0 saturated carbocycles. The van der Waals surface area contributed by atoms with Crippen LogP contribution in [0.5, 0.6) is 5.75 Å². The molecule has 3 aliphatic rings. The summed E-state index contributed by atoms with van der Waals surface area (Å²) in [7, 11) is 0. The van der Waals surface area contributed by atoms with Crippen LogP contribution in [0.2, 0.25) is 0 Å². The highest BCUT2D eigenvalue weighted by molar-refractivity contribution is 7.99. The van der Waals surface area contributed by atoms with Gasteiger partial charge in [0, 0.05) is 46.8 Å². The van der Waals surface area contributed by atoms with E-state index in [-0.39, 0.29) is 23.5 Å². The Morgan fingerprint density at radius 2 is 1.91 bits per heavy atom. The predicted molar refractivity (Wildman–Crippen MR) is 120 cm³/mol. The highest BCUT2D eigenvalue weighted by Crippen LogP contribution is 2.53. The molecule has 160 valence electrons. The van der Waals surface area contributed by atoms with E-state index in [9.17, 15) is 19.7 Å². The highest BCUT2D eigenvalue weighted by atomic mass is 32.2. The lowest BCUT2D eigenvalue weighted by atomic mass is 9.77. The van der Waals surface area contributed by atoms with E-state index in [0.29, 0.717) is 22.8 Å². The van der Waals surface area contributed by atoms with Crippen molar-refractivity contribution in [2.75, 3.05) is 11.6 Å². The zero-order valence-corrected chi connectivity index (χ0v) is 17.7. The summed E-state index contributed by atoms with van der Waals surface area (Å²) in [6, 6.07) is 17.0. The lowest BCUT2D eigenvalue weighted by molar-refractivity contribution is -0.385. The van der Waals surface area contributed by atoms with E-state index in [1.54, 1.807) is 11.8 Å². The molecule has 2 fully saturated rings. The molecule has 0 radical (unpaired) electrons. The van der Waals surface area contributed by atoms with Gasteiger partial charge in [0.1, 0.15) is 5.75 Å². The molecule has 6 rings (SSSR count). The summed E-state index contributed by atoms with van der Waals surface area (Å²) < 4.78 is 5.58. The molecule has 0 amide bonds. The summed E-state index contributed by atoms with van der Waals surface area (Å²) in [6.07, 6.45) is 0. The van der Waals surface area contributed by atoms with Gasteiger partial charge in [0.15, 0.2) is 5.78 Å². The van der Waals surface area contributed by atoms with E-state index in [1.165, 1.54) is 18.2 Å². The van der Waals surface area contributed by atoms with Gasteiger partial charge in [-0.2, -0.15) is 0 Å². The van der Waals surface area contributed by atoms with Crippen LogP contribution < -0.4 is 4.74 Å². The fraction of sp³-hybridized carbons (Fsp3) is 0.250. The first-order chi connectivity index (χ1) is 15.5. The zero-order chi connectivity index (χ0) is 22.0. The Hall–Kier alpha value is -3.23. The van der Waals surface area contributed by atoms with E-state index in [1.807, 2.05) is 42.5 Å². The molecule has 0 aliphatic carbocycles. The van der Waals surface area contributed by atoms with Crippen LogP contribution in [-0.2, 0) is 4.79 Å². The molecule has 3 aromatic rings. The smallest absolute Gasteiger partial charge is 0.316 e. The fourth-order valence-corrected chi connectivity index (χ4v) is 6.78. The molecule has 0 unspecified atom stereocenters. The standard InChI is InChI=1S/C24H18N2O5S/c27-23(16-7-3-5-13-4-1-2-6-15(13)16)22-20-17-10-14(26(29)30)8-9-19(17)31-24(28)21(20)18-11-32-12-25(18)22/h1-10,18,20-22H,11-12H2/t18-,20+,21+,22-/m1/s1. The molecule has 3 heterocycles. The summed E-state index contributed by atoms with van der Waals surface area (Å²) in [6.45, 7) is 0. The molecule has 0 aromatic heterocycles. The number of esters is 1. The molecular weight excluding hydrogens is 428 g/mol. The first-order valence-electron chi connectivity index (χ1n) is 10.4. The average Bonchev–Trinajstić information content (AvgIpc) is 3.39. The number of carbonyl (C=O) groups is 2. The highest BCUT2D eigenvalue weighted by Gasteiger charge is 2.60. The Balaban J connectivity index is 1.53. The molecule has 3 aliphatic heterocycles. The molecule has 4 atom stereocenters. The molecule has 2 saturated heterocycles. The lowest BCUT2D eigenvalue weighted by Gasteiger charge is -2.31. The van der Waals surface area contributed by atoms with Crippen LogP contribution in [0.25, 0.3) is 10.8 Å². The van der Waals surface area contributed by atoms with Gasteiger partial charge in [0.2, 0.25) is 0 Å². The maximum Gasteiger partial charge on any atom is 0.316 e. The van der Waals surface area contributed by atoms with Crippen molar-refractivity contribution < 1.29 is 19.2 Å². The number of non-ortho nitro benzene ring substituents is 1. The Morgan fingerprint density at radius 3 is 2.75 bits per heavy atom. The molecule has 32 heavy (non-hydrogen) atoms. The summed E-state index contributed by atoms with van der Waals surface area (Å²) in [4.78, 5) is 40.1. The van der Waals surface area contributed by atoms with Crippen LogP contribution >= 0.6 is 11.8 Å². The topological polar surface area (TPSA) is 89.8 Å². The van der Waals surface area contributed by atoms with Crippen molar-refractivity contribution in [1.29, 1.82) is 0 Å². The molecule has 8 heteroatoms. The zero-order valence-electron chi connectivity index (χ0n) is 16.8. The van der Waals surface area contributed by atoms with Gasteiger partial charge in [-0.1, -0.05) is 42.5 Å². The minimum Gasteiger partial charge on any atom is -0.426 e. The summed E-state index contributed by atoms with van der Waals surface area (Å²) in [5, 5.41) is 13.3. The number of carbonyl (C=O) groups excluding carboxylic acids is 2. The summed E-state index contributed by atoms with van der Waals surface area (Å²) >= 11 is 1.69. The Morgan fingerprint density at radius 1 is 1.09 bits per heavy atom. The Labute approximate surface area is 187 Å². The number of nitrogens with zero attached hydrogens (tertiary/aromatic N) is 2. The molecule has 7 nitrogen and oxygen atoms in total. The molecular formula is C24H18N2O5S. The van der Waals surface area contributed by atoms with E-state index >= 15 is 0 Å². The van der Waals surface area contributed by atoms with Gasteiger partial charge >= 0.3 is 5.97 Å². The Kier molecular flexibility index (Phi) is 4.34. The van der Waals surface area contributed by atoms with Gasteiger partial charge in [-0.15, -0.1) is 11.8 Å². The summed E-state index contributed by atoms with van der Waals surface area (Å²) in [5.74, 6) is 0.241. The third-order valence-corrected chi connectivity index (χ3v) is 7.88. The quantitative estimate of drug-likeness (QED) is 0.197. The van der Waals surface area contributed by atoms with Gasteiger partial charge in [-0.3, -0.25) is 24.6 Å². The number of nitro groups is 1. The van der Waals surface area contributed by atoms with Gasteiger partial charge in [-0.05, 0) is 16.8 Å². The second-order valence-corrected chi connectivity index (χ2v) is 9.37. The summed E-state index contributed by atoms with van der Waals surface area (Å²) in [5.41, 5.74) is 1.11.